The van der Waals surface area contributed by atoms with E-state index in [9.17, 15) is 4.79 Å². The summed E-state index contributed by atoms with van der Waals surface area (Å²) in [6.45, 7) is 4.69. The first kappa shape index (κ1) is 16.7. The van der Waals surface area contributed by atoms with E-state index in [-0.39, 0.29) is 5.91 Å². The van der Waals surface area contributed by atoms with Gasteiger partial charge in [-0.05, 0) is 25.7 Å². The molecule has 1 aromatic heterocycles. The number of aromatic nitrogens is 1. The number of amides is 1. The summed E-state index contributed by atoms with van der Waals surface area (Å²) in [5, 5.41) is 6.12. The third kappa shape index (κ3) is 4.43. The van der Waals surface area contributed by atoms with E-state index < -0.39 is 0 Å². The van der Waals surface area contributed by atoms with E-state index in [1.165, 1.54) is 4.88 Å². The van der Waals surface area contributed by atoms with Gasteiger partial charge in [-0.1, -0.05) is 0 Å². The zero-order chi connectivity index (χ0) is 15.9. The Morgan fingerprint density at radius 1 is 1.50 bits per heavy atom. The van der Waals surface area contributed by atoms with Gasteiger partial charge in [0.25, 0.3) is 0 Å². The van der Waals surface area contributed by atoms with Crippen molar-refractivity contribution in [2.45, 2.75) is 32.7 Å². The van der Waals surface area contributed by atoms with Gasteiger partial charge in [-0.3, -0.25) is 9.79 Å². The number of thiazole rings is 1. The van der Waals surface area contributed by atoms with E-state index in [2.05, 4.69) is 25.5 Å². The maximum Gasteiger partial charge on any atom is 0.220 e. The lowest BCUT2D eigenvalue weighted by molar-refractivity contribution is -0.121. The highest BCUT2D eigenvalue weighted by molar-refractivity contribution is 7.09. The van der Waals surface area contributed by atoms with Gasteiger partial charge in [0.2, 0.25) is 5.91 Å². The Labute approximate surface area is 136 Å². The molecule has 1 aliphatic rings. The zero-order valence-corrected chi connectivity index (χ0v) is 14.4. The number of rotatable bonds is 4. The van der Waals surface area contributed by atoms with Crippen LogP contribution in [0, 0.1) is 12.8 Å². The Bertz CT molecular complexity index is 520. The summed E-state index contributed by atoms with van der Waals surface area (Å²) >= 11 is 1.67. The fourth-order valence-corrected chi connectivity index (χ4v) is 3.42. The standard InChI is InChI=1S/C15H25N5OS/c1-11-13(22-10-19-11)9-18-15(17-3)20-6-4-12(5-7-20)8-14(21)16-2/h10,12H,4-9H2,1-3H3,(H,16,21)(H,17,18). The number of hydrogen-bond acceptors (Lipinski definition) is 4. The van der Waals surface area contributed by atoms with Crippen molar-refractivity contribution in [2.24, 2.45) is 10.9 Å². The maximum absolute atomic E-state index is 11.5. The lowest BCUT2D eigenvalue weighted by atomic mass is 9.93. The molecule has 122 valence electrons. The topological polar surface area (TPSA) is 69.6 Å². The van der Waals surface area contributed by atoms with Crippen molar-refractivity contribution in [1.82, 2.24) is 20.5 Å². The molecular formula is C15H25N5OS. The predicted octanol–water partition coefficient (Wildman–Crippen LogP) is 1.38. The summed E-state index contributed by atoms with van der Waals surface area (Å²) in [4.78, 5) is 23.6. The van der Waals surface area contributed by atoms with Crippen molar-refractivity contribution in [3.63, 3.8) is 0 Å². The number of aryl methyl sites for hydroxylation is 1. The van der Waals surface area contributed by atoms with Crippen LogP contribution in [0.25, 0.3) is 0 Å². The van der Waals surface area contributed by atoms with Crippen molar-refractivity contribution in [3.8, 4) is 0 Å². The van der Waals surface area contributed by atoms with Gasteiger partial charge in [0, 0.05) is 38.5 Å². The summed E-state index contributed by atoms with van der Waals surface area (Å²) < 4.78 is 0. The molecule has 22 heavy (non-hydrogen) atoms. The third-order valence-electron chi connectivity index (χ3n) is 4.13. The summed E-state index contributed by atoms with van der Waals surface area (Å²) in [7, 11) is 3.52. The van der Waals surface area contributed by atoms with Crippen LogP contribution in [-0.2, 0) is 11.3 Å². The van der Waals surface area contributed by atoms with Crippen LogP contribution in [0.4, 0.5) is 0 Å². The van der Waals surface area contributed by atoms with E-state index in [4.69, 9.17) is 0 Å². The number of guanidine groups is 1. The largest absolute Gasteiger partial charge is 0.359 e. The summed E-state index contributed by atoms with van der Waals surface area (Å²) in [6, 6.07) is 0. The van der Waals surface area contributed by atoms with Crippen LogP contribution in [0.15, 0.2) is 10.5 Å². The molecule has 0 atom stereocenters. The molecule has 0 aromatic carbocycles. The van der Waals surface area contributed by atoms with E-state index >= 15 is 0 Å². The van der Waals surface area contributed by atoms with E-state index in [1.54, 1.807) is 18.4 Å². The number of aliphatic imine (C=N–C) groups is 1. The molecule has 1 fully saturated rings. The van der Waals surface area contributed by atoms with Gasteiger partial charge in [0.1, 0.15) is 0 Å². The van der Waals surface area contributed by atoms with E-state index in [1.807, 2.05) is 19.5 Å². The Morgan fingerprint density at radius 2 is 2.23 bits per heavy atom. The van der Waals surface area contributed by atoms with Crippen LogP contribution in [0.1, 0.15) is 29.8 Å². The Kier molecular flexibility index (Phi) is 6.18. The predicted molar refractivity (Wildman–Crippen MR) is 90.0 cm³/mol. The Hall–Kier alpha value is -1.63. The van der Waals surface area contributed by atoms with E-state index in [0.29, 0.717) is 12.3 Å². The number of carbonyl (C=O) groups excluding carboxylic acids is 1. The lowest BCUT2D eigenvalue weighted by Gasteiger charge is -2.34. The molecule has 0 aliphatic carbocycles. The fourth-order valence-electron chi connectivity index (χ4n) is 2.70. The molecule has 1 saturated heterocycles. The SMILES string of the molecule is CN=C(NCc1scnc1C)N1CCC(CC(=O)NC)CC1. The van der Waals surface area contributed by atoms with Gasteiger partial charge < -0.3 is 15.5 Å². The summed E-state index contributed by atoms with van der Waals surface area (Å²) in [5.41, 5.74) is 2.96. The highest BCUT2D eigenvalue weighted by atomic mass is 32.1. The Balaban J connectivity index is 1.81. The lowest BCUT2D eigenvalue weighted by Crippen LogP contribution is -2.45. The van der Waals surface area contributed by atoms with Crippen LogP contribution < -0.4 is 10.6 Å². The molecule has 6 nitrogen and oxygen atoms in total. The minimum absolute atomic E-state index is 0.140. The molecule has 1 aromatic rings. The number of carbonyl (C=O) groups is 1. The summed E-state index contributed by atoms with van der Waals surface area (Å²) in [6.07, 6.45) is 2.71. The number of likely N-dealkylation sites (tertiary alicyclic amines) is 1. The monoisotopic (exact) mass is 323 g/mol. The molecule has 0 bridgehead atoms. The molecule has 2 rings (SSSR count). The zero-order valence-electron chi connectivity index (χ0n) is 13.6. The fraction of sp³-hybridized carbons (Fsp3) is 0.667. The van der Waals surface area contributed by atoms with Gasteiger partial charge in [-0.15, -0.1) is 11.3 Å². The molecule has 0 radical (unpaired) electrons. The van der Waals surface area contributed by atoms with Crippen LogP contribution in [0.3, 0.4) is 0 Å². The van der Waals surface area contributed by atoms with Gasteiger partial charge in [0.05, 0.1) is 17.7 Å². The average molecular weight is 323 g/mol. The Morgan fingerprint density at radius 3 is 2.77 bits per heavy atom. The highest BCUT2D eigenvalue weighted by Crippen LogP contribution is 2.20. The van der Waals surface area contributed by atoms with Crippen molar-refractivity contribution >= 4 is 23.2 Å². The van der Waals surface area contributed by atoms with Crippen LogP contribution in [0.2, 0.25) is 0 Å². The third-order valence-corrected chi connectivity index (χ3v) is 5.07. The first-order valence-corrected chi connectivity index (χ1v) is 8.57. The van der Waals surface area contributed by atoms with Crippen LogP contribution in [-0.4, -0.2) is 48.9 Å². The van der Waals surface area contributed by atoms with Crippen molar-refractivity contribution < 1.29 is 4.79 Å². The molecule has 0 saturated carbocycles. The van der Waals surface area contributed by atoms with Crippen molar-refractivity contribution in [3.05, 3.63) is 16.1 Å². The van der Waals surface area contributed by atoms with Gasteiger partial charge >= 0.3 is 0 Å². The van der Waals surface area contributed by atoms with Crippen molar-refractivity contribution in [1.29, 1.82) is 0 Å². The van der Waals surface area contributed by atoms with Gasteiger partial charge in [-0.2, -0.15) is 0 Å². The van der Waals surface area contributed by atoms with E-state index in [0.717, 1.165) is 44.1 Å². The molecular weight excluding hydrogens is 298 g/mol. The minimum atomic E-state index is 0.140. The quantitative estimate of drug-likeness (QED) is 0.649. The van der Waals surface area contributed by atoms with Gasteiger partial charge in [-0.25, -0.2) is 4.98 Å². The van der Waals surface area contributed by atoms with Crippen molar-refractivity contribution in [2.75, 3.05) is 27.2 Å². The summed E-state index contributed by atoms with van der Waals surface area (Å²) in [5.74, 6) is 1.56. The van der Waals surface area contributed by atoms with Crippen LogP contribution >= 0.6 is 11.3 Å². The number of nitrogens with zero attached hydrogens (tertiary/aromatic N) is 3. The maximum atomic E-state index is 11.5. The molecule has 7 heteroatoms. The minimum Gasteiger partial charge on any atom is -0.359 e. The first-order chi connectivity index (χ1) is 10.6. The average Bonchev–Trinajstić information content (AvgIpc) is 2.94. The normalized spacial score (nSPS) is 16.7. The smallest absolute Gasteiger partial charge is 0.220 e. The number of nitrogens with one attached hydrogen (secondary N) is 2. The number of hydrogen-bond donors (Lipinski definition) is 2. The second-order valence-electron chi connectivity index (χ2n) is 5.57. The molecule has 2 N–H and O–H groups in total. The molecule has 0 spiro atoms. The highest BCUT2D eigenvalue weighted by Gasteiger charge is 2.23. The molecule has 1 amide bonds. The second kappa shape index (κ2) is 8.12. The number of piperidine rings is 1. The van der Waals surface area contributed by atoms with Gasteiger partial charge in [0.15, 0.2) is 5.96 Å². The van der Waals surface area contributed by atoms with Crippen LogP contribution in [0.5, 0.6) is 0 Å². The second-order valence-corrected chi connectivity index (χ2v) is 6.51. The molecule has 2 heterocycles. The molecule has 1 aliphatic heterocycles. The first-order valence-electron chi connectivity index (χ1n) is 7.69. The molecule has 0 unspecified atom stereocenters.